The second kappa shape index (κ2) is 7.66. The summed E-state index contributed by atoms with van der Waals surface area (Å²) < 4.78 is 5.19. The minimum atomic E-state index is -1.16. The Hall–Kier alpha value is -3.39. The fourth-order valence-corrected chi connectivity index (χ4v) is 2.44. The number of nitro groups is 1. The summed E-state index contributed by atoms with van der Waals surface area (Å²) in [6.45, 7) is 0. The van der Waals surface area contributed by atoms with Crippen molar-refractivity contribution >= 4 is 46.3 Å². The zero-order valence-electron chi connectivity index (χ0n) is 13.5. The molecule has 26 heavy (non-hydrogen) atoms. The Morgan fingerprint density at radius 2 is 2.04 bits per heavy atom. The monoisotopic (exact) mass is 375 g/mol. The second-order valence-electron chi connectivity index (χ2n) is 5.17. The number of nitrogens with one attached hydrogen (secondary N) is 1. The van der Waals surface area contributed by atoms with E-state index < -0.39 is 10.9 Å². The molecule has 0 unspecified atom stereocenters. The number of hydrogen-bond donors (Lipinski definition) is 2. The molecule has 0 amide bonds. The van der Waals surface area contributed by atoms with Crippen molar-refractivity contribution in [3.63, 3.8) is 0 Å². The summed E-state index contributed by atoms with van der Waals surface area (Å²) in [5, 5.41) is 23.9. The molecule has 0 spiro atoms. The van der Waals surface area contributed by atoms with E-state index in [4.69, 9.17) is 4.74 Å². The van der Waals surface area contributed by atoms with Gasteiger partial charge in [-0.3, -0.25) is 15.1 Å². The number of benzene rings is 2. The molecular weight excluding hydrogens is 362 g/mol. The first-order valence-electron chi connectivity index (χ1n) is 7.21. The third-order valence-corrected chi connectivity index (χ3v) is 3.63. The van der Waals surface area contributed by atoms with E-state index in [9.17, 15) is 20.0 Å². The Bertz CT molecular complexity index is 993. The maximum atomic E-state index is 11.6. The van der Waals surface area contributed by atoms with Crippen LogP contribution < -0.4 is 10.1 Å². The Morgan fingerprint density at radius 1 is 1.27 bits per heavy atom. The first kappa shape index (κ1) is 18.9. The molecule has 8 nitrogen and oxygen atoms in total. The molecule has 9 heteroatoms. The van der Waals surface area contributed by atoms with Gasteiger partial charge < -0.3 is 15.2 Å². The molecule has 2 N–H and O–H groups in total. The molecule has 0 atom stereocenters. The summed E-state index contributed by atoms with van der Waals surface area (Å²) in [7, 11) is 1.50. The molecule has 0 fully saturated rings. The molecule has 1 heterocycles. The van der Waals surface area contributed by atoms with Crippen LogP contribution in [0.3, 0.4) is 0 Å². The molecule has 3 rings (SSSR count). The van der Waals surface area contributed by atoms with E-state index in [0.29, 0.717) is 22.3 Å². The van der Waals surface area contributed by atoms with Crippen LogP contribution in [-0.2, 0) is 0 Å². The van der Waals surface area contributed by atoms with Crippen LogP contribution in [-0.4, -0.2) is 28.1 Å². The summed E-state index contributed by atoms with van der Waals surface area (Å²) in [5.74, 6) is -0.621. The van der Waals surface area contributed by atoms with Crippen LogP contribution in [0.2, 0.25) is 0 Å². The molecule has 2 aromatic carbocycles. The van der Waals surface area contributed by atoms with Gasteiger partial charge in [0.1, 0.15) is 11.3 Å². The van der Waals surface area contributed by atoms with Crippen LogP contribution in [0.4, 0.5) is 17.1 Å². The van der Waals surface area contributed by atoms with E-state index in [1.54, 1.807) is 24.3 Å². The van der Waals surface area contributed by atoms with Gasteiger partial charge in [0, 0.05) is 29.4 Å². The van der Waals surface area contributed by atoms with E-state index in [1.165, 1.54) is 31.5 Å². The van der Waals surface area contributed by atoms with Crippen molar-refractivity contribution in [1.29, 1.82) is 0 Å². The van der Waals surface area contributed by atoms with E-state index in [2.05, 4.69) is 10.3 Å². The Kier molecular flexibility index (Phi) is 5.58. The van der Waals surface area contributed by atoms with Gasteiger partial charge in [0.05, 0.1) is 23.2 Å². The van der Waals surface area contributed by atoms with Crippen LogP contribution in [0.5, 0.6) is 5.75 Å². The summed E-state index contributed by atoms with van der Waals surface area (Å²) in [4.78, 5) is 26.1. The number of ether oxygens (including phenoxy) is 1. The minimum Gasteiger partial charge on any atom is -0.497 e. The number of carboxylic acids is 1. The normalized spacial score (nSPS) is 10.0. The van der Waals surface area contributed by atoms with Gasteiger partial charge in [0.15, 0.2) is 0 Å². The first-order chi connectivity index (χ1) is 12.0. The topological polar surface area (TPSA) is 115 Å². The molecule has 134 valence electrons. The summed E-state index contributed by atoms with van der Waals surface area (Å²) in [6, 6.07) is 10.9. The molecular formula is C17H14ClN3O5. The summed E-state index contributed by atoms with van der Waals surface area (Å²) >= 11 is 0. The van der Waals surface area contributed by atoms with Crippen molar-refractivity contribution in [2.45, 2.75) is 0 Å². The SMILES string of the molecule is COc1ccc2ncc(C(=O)O)c(Nc3cccc([N+](=O)[O-])c3)c2c1.Cl. The zero-order chi connectivity index (χ0) is 18.0. The van der Waals surface area contributed by atoms with Crippen LogP contribution in [0.1, 0.15) is 10.4 Å². The zero-order valence-corrected chi connectivity index (χ0v) is 14.3. The van der Waals surface area contributed by atoms with Crippen LogP contribution in [0.15, 0.2) is 48.7 Å². The van der Waals surface area contributed by atoms with Crippen molar-refractivity contribution in [3.05, 3.63) is 64.3 Å². The lowest BCUT2D eigenvalue weighted by Gasteiger charge is -2.13. The van der Waals surface area contributed by atoms with Crippen LogP contribution in [0, 0.1) is 10.1 Å². The fourth-order valence-electron chi connectivity index (χ4n) is 2.44. The highest BCUT2D eigenvalue weighted by atomic mass is 35.5. The van der Waals surface area contributed by atoms with Gasteiger partial charge in [0.2, 0.25) is 0 Å². The van der Waals surface area contributed by atoms with E-state index in [-0.39, 0.29) is 29.3 Å². The molecule has 0 bridgehead atoms. The molecule has 3 aromatic rings. The predicted octanol–water partition coefficient (Wildman–Crippen LogP) is 4.02. The molecule has 0 saturated carbocycles. The maximum Gasteiger partial charge on any atom is 0.339 e. The van der Waals surface area contributed by atoms with Gasteiger partial charge in [0.25, 0.3) is 5.69 Å². The number of aromatic nitrogens is 1. The number of carbonyl (C=O) groups is 1. The number of carboxylic acid groups (broad SMARTS) is 1. The van der Waals surface area contributed by atoms with Gasteiger partial charge in [-0.15, -0.1) is 12.4 Å². The number of pyridine rings is 1. The number of rotatable bonds is 5. The van der Waals surface area contributed by atoms with Gasteiger partial charge in [-0.25, -0.2) is 4.79 Å². The average Bonchev–Trinajstić information content (AvgIpc) is 2.61. The maximum absolute atomic E-state index is 11.6. The van der Waals surface area contributed by atoms with Gasteiger partial charge in [-0.05, 0) is 24.3 Å². The van der Waals surface area contributed by atoms with Gasteiger partial charge in [-0.2, -0.15) is 0 Å². The van der Waals surface area contributed by atoms with Crippen molar-refractivity contribution < 1.29 is 19.6 Å². The molecule has 1 aromatic heterocycles. The minimum absolute atomic E-state index is 0. The van der Waals surface area contributed by atoms with Crippen molar-refractivity contribution in [2.75, 3.05) is 12.4 Å². The number of anilines is 2. The Labute approximate surface area is 154 Å². The number of halogens is 1. The number of nitrogens with zero attached hydrogens (tertiary/aromatic N) is 2. The Balaban J connectivity index is 0.00000243. The van der Waals surface area contributed by atoms with E-state index in [1.807, 2.05) is 0 Å². The van der Waals surface area contributed by atoms with E-state index >= 15 is 0 Å². The van der Waals surface area contributed by atoms with Crippen molar-refractivity contribution in [3.8, 4) is 5.75 Å². The summed E-state index contributed by atoms with van der Waals surface area (Å²) in [5.41, 5.74) is 1.10. The third kappa shape index (κ3) is 3.65. The largest absolute Gasteiger partial charge is 0.497 e. The van der Waals surface area contributed by atoms with Gasteiger partial charge >= 0.3 is 5.97 Å². The van der Waals surface area contributed by atoms with Crippen molar-refractivity contribution in [2.24, 2.45) is 0 Å². The first-order valence-corrected chi connectivity index (χ1v) is 7.21. The smallest absolute Gasteiger partial charge is 0.339 e. The number of fused-ring (bicyclic) bond motifs is 1. The fraction of sp³-hybridized carbons (Fsp3) is 0.0588. The summed E-state index contributed by atoms with van der Waals surface area (Å²) in [6.07, 6.45) is 1.25. The third-order valence-electron chi connectivity index (χ3n) is 3.63. The lowest BCUT2D eigenvalue weighted by Crippen LogP contribution is -2.05. The highest BCUT2D eigenvalue weighted by Gasteiger charge is 2.16. The average molecular weight is 376 g/mol. The standard InChI is InChI=1S/C17H13N3O5.ClH/c1-25-12-5-6-15-13(8-12)16(14(9-18-15)17(21)22)19-10-3-2-4-11(7-10)20(23)24;/h2-9H,1H3,(H,18,19)(H,21,22);1H. The Morgan fingerprint density at radius 3 is 2.69 bits per heavy atom. The number of methoxy groups -OCH3 is 1. The number of nitro benzene ring substituents is 1. The molecule has 0 aliphatic carbocycles. The molecule has 0 aliphatic rings. The quantitative estimate of drug-likeness (QED) is 0.511. The van der Waals surface area contributed by atoms with Gasteiger partial charge in [-0.1, -0.05) is 6.07 Å². The molecule has 0 saturated heterocycles. The molecule has 0 radical (unpaired) electrons. The van der Waals surface area contributed by atoms with Crippen LogP contribution in [0.25, 0.3) is 10.9 Å². The molecule has 0 aliphatic heterocycles. The number of aromatic carboxylic acids is 1. The highest BCUT2D eigenvalue weighted by Crippen LogP contribution is 2.32. The lowest BCUT2D eigenvalue weighted by atomic mass is 10.1. The van der Waals surface area contributed by atoms with E-state index in [0.717, 1.165) is 0 Å². The lowest BCUT2D eigenvalue weighted by molar-refractivity contribution is -0.384. The number of hydrogen-bond acceptors (Lipinski definition) is 6. The number of non-ortho nitro benzene ring substituents is 1. The predicted molar refractivity (Wildman–Crippen MR) is 98.9 cm³/mol. The van der Waals surface area contributed by atoms with Crippen LogP contribution >= 0.6 is 12.4 Å². The van der Waals surface area contributed by atoms with Crippen molar-refractivity contribution in [1.82, 2.24) is 4.98 Å². The highest BCUT2D eigenvalue weighted by molar-refractivity contribution is 6.05. The second-order valence-corrected chi connectivity index (χ2v) is 5.17.